The van der Waals surface area contributed by atoms with E-state index >= 15 is 0 Å². The zero-order chi connectivity index (χ0) is 12.7. The fraction of sp³-hybridized carbons (Fsp3) is 0.769. The minimum atomic E-state index is 0.984. The molecule has 0 saturated carbocycles. The summed E-state index contributed by atoms with van der Waals surface area (Å²) in [5.74, 6) is 0. The maximum Gasteiger partial charge on any atom is 0.0900 e. The van der Waals surface area contributed by atoms with E-state index in [0.717, 1.165) is 50.2 Å². The van der Waals surface area contributed by atoms with Gasteiger partial charge in [0.1, 0.15) is 0 Å². The number of hydrogen-bond donors (Lipinski definition) is 0. The highest BCUT2D eigenvalue weighted by molar-refractivity contribution is 5.54. The van der Waals surface area contributed by atoms with Crippen molar-refractivity contribution in [3.63, 3.8) is 0 Å². The normalized spacial score (nSPS) is 10.6. The van der Waals surface area contributed by atoms with E-state index in [4.69, 9.17) is 0 Å². The number of aryl methyl sites for hydroxylation is 2. The van der Waals surface area contributed by atoms with Crippen molar-refractivity contribution in [1.82, 2.24) is 15.4 Å². The lowest BCUT2D eigenvalue weighted by molar-refractivity contribution is 0.711. The molecule has 0 unspecified atom stereocenters. The van der Waals surface area contributed by atoms with Crippen LogP contribution in [0.1, 0.15) is 51.9 Å². The first-order valence-corrected chi connectivity index (χ1v) is 6.74. The second kappa shape index (κ2) is 7.20. The van der Waals surface area contributed by atoms with Crippen LogP contribution in [0.2, 0.25) is 0 Å². The molecule has 1 aromatic heterocycles. The summed E-state index contributed by atoms with van der Waals surface area (Å²) < 4.78 is 0. The van der Waals surface area contributed by atoms with Gasteiger partial charge in [-0.05, 0) is 31.9 Å². The van der Waals surface area contributed by atoms with E-state index in [1.165, 1.54) is 5.69 Å². The molecule has 0 N–H and O–H groups in total. The van der Waals surface area contributed by atoms with Crippen molar-refractivity contribution in [3.05, 3.63) is 11.4 Å². The van der Waals surface area contributed by atoms with Crippen molar-refractivity contribution in [2.75, 3.05) is 18.0 Å². The van der Waals surface area contributed by atoms with Crippen molar-refractivity contribution < 1.29 is 0 Å². The van der Waals surface area contributed by atoms with Crippen molar-refractivity contribution in [1.29, 1.82) is 0 Å². The standard InChI is InChI=1S/C13H24N4/c1-5-9-11-13(17(7-3)8-4)12(10-6-2)15-16-14-11/h5-10H2,1-4H3. The van der Waals surface area contributed by atoms with Gasteiger partial charge in [0.25, 0.3) is 0 Å². The monoisotopic (exact) mass is 236 g/mol. The third-order valence-electron chi connectivity index (χ3n) is 2.93. The van der Waals surface area contributed by atoms with Crippen molar-refractivity contribution in [2.24, 2.45) is 0 Å². The molecule has 0 aromatic carbocycles. The lowest BCUT2D eigenvalue weighted by atomic mass is 10.1. The molecule has 0 amide bonds. The predicted molar refractivity (Wildman–Crippen MR) is 71.4 cm³/mol. The van der Waals surface area contributed by atoms with Crippen LogP contribution in [0.5, 0.6) is 0 Å². The molecular weight excluding hydrogens is 212 g/mol. The second-order valence-electron chi connectivity index (χ2n) is 4.20. The number of nitrogens with zero attached hydrogens (tertiary/aromatic N) is 4. The maximum absolute atomic E-state index is 4.23. The largest absolute Gasteiger partial charge is 0.369 e. The van der Waals surface area contributed by atoms with Gasteiger partial charge in [-0.2, -0.15) is 0 Å². The Hall–Kier alpha value is -1.19. The SMILES string of the molecule is CCCc1nnnc(CCC)c1N(CC)CC. The zero-order valence-electron chi connectivity index (χ0n) is 11.5. The molecule has 17 heavy (non-hydrogen) atoms. The van der Waals surface area contributed by atoms with Gasteiger partial charge in [0, 0.05) is 13.1 Å². The molecule has 4 heteroatoms. The third kappa shape index (κ3) is 3.38. The van der Waals surface area contributed by atoms with Crippen LogP contribution in [-0.2, 0) is 12.8 Å². The van der Waals surface area contributed by atoms with E-state index in [9.17, 15) is 0 Å². The fourth-order valence-corrected chi connectivity index (χ4v) is 2.11. The average molecular weight is 236 g/mol. The summed E-state index contributed by atoms with van der Waals surface area (Å²) in [6, 6.07) is 0. The van der Waals surface area contributed by atoms with Crippen LogP contribution in [-0.4, -0.2) is 28.5 Å². The van der Waals surface area contributed by atoms with E-state index in [2.05, 4.69) is 48.0 Å². The second-order valence-corrected chi connectivity index (χ2v) is 4.20. The van der Waals surface area contributed by atoms with E-state index in [1.54, 1.807) is 0 Å². The highest BCUT2D eigenvalue weighted by Crippen LogP contribution is 2.23. The van der Waals surface area contributed by atoms with E-state index in [1.807, 2.05) is 0 Å². The Morgan fingerprint density at radius 2 is 1.29 bits per heavy atom. The first-order chi connectivity index (χ1) is 8.28. The molecule has 1 heterocycles. The minimum Gasteiger partial charge on any atom is -0.369 e. The summed E-state index contributed by atoms with van der Waals surface area (Å²) in [6.07, 6.45) is 4.16. The van der Waals surface area contributed by atoms with Crippen LogP contribution in [0.25, 0.3) is 0 Å². The summed E-state index contributed by atoms with van der Waals surface area (Å²) in [5.41, 5.74) is 3.44. The van der Waals surface area contributed by atoms with Crippen molar-refractivity contribution in [2.45, 2.75) is 53.4 Å². The maximum atomic E-state index is 4.23. The van der Waals surface area contributed by atoms with Crippen LogP contribution < -0.4 is 4.90 Å². The molecule has 0 spiro atoms. The fourth-order valence-electron chi connectivity index (χ4n) is 2.11. The quantitative estimate of drug-likeness (QED) is 0.730. The molecule has 0 saturated heterocycles. The molecule has 1 rings (SSSR count). The number of hydrogen-bond acceptors (Lipinski definition) is 4. The van der Waals surface area contributed by atoms with Crippen molar-refractivity contribution >= 4 is 5.69 Å². The molecule has 0 aliphatic heterocycles. The van der Waals surface area contributed by atoms with Crippen molar-refractivity contribution in [3.8, 4) is 0 Å². The molecule has 96 valence electrons. The molecule has 1 aromatic rings. The van der Waals surface area contributed by atoms with Crippen LogP contribution in [0.3, 0.4) is 0 Å². The van der Waals surface area contributed by atoms with Gasteiger partial charge in [0.05, 0.1) is 17.1 Å². The average Bonchev–Trinajstić information content (AvgIpc) is 2.34. The Bertz CT molecular complexity index is 310. The van der Waals surface area contributed by atoms with E-state index in [0.29, 0.717) is 0 Å². The van der Waals surface area contributed by atoms with Gasteiger partial charge in [-0.25, -0.2) is 0 Å². The molecule has 0 bridgehead atoms. The molecule has 4 nitrogen and oxygen atoms in total. The van der Waals surface area contributed by atoms with Gasteiger partial charge < -0.3 is 4.90 Å². The number of aromatic nitrogens is 3. The first kappa shape index (κ1) is 13.9. The Balaban J connectivity index is 3.16. The highest BCUT2D eigenvalue weighted by Gasteiger charge is 2.16. The zero-order valence-corrected chi connectivity index (χ0v) is 11.5. The van der Waals surface area contributed by atoms with Gasteiger partial charge in [0.15, 0.2) is 0 Å². The summed E-state index contributed by atoms with van der Waals surface area (Å²) in [6.45, 7) is 10.7. The predicted octanol–water partition coefficient (Wildman–Crippen LogP) is 2.62. The number of anilines is 1. The highest BCUT2D eigenvalue weighted by atomic mass is 15.3. The van der Waals surface area contributed by atoms with Gasteiger partial charge >= 0.3 is 0 Å². The third-order valence-corrected chi connectivity index (χ3v) is 2.93. The lowest BCUT2D eigenvalue weighted by Crippen LogP contribution is -2.26. The Kier molecular flexibility index (Phi) is 5.87. The Morgan fingerprint density at radius 3 is 1.65 bits per heavy atom. The minimum absolute atomic E-state index is 0.984. The molecule has 0 aliphatic carbocycles. The van der Waals surface area contributed by atoms with Gasteiger partial charge in [0.2, 0.25) is 0 Å². The Morgan fingerprint density at radius 1 is 0.824 bits per heavy atom. The summed E-state index contributed by atoms with van der Waals surface area (Å²) in [7, 11) is 0. The van der Waals surface area contributed by atoms with Crippen LogP contribution in [0, 0.1) is 0 Å². The van der Waals surface area contributed by atoms with Crippen LogP contribution in [0.15, 0.2) is 0 Å². The van der Waals surface area contributed by atoms with Gasteiger partial charge in [-0.3, -0.25) is 0 Å². The molecule has 0 radical (unpaired) electrons. The van der Waals surface area contributed by atoms with Crippen LogP contribution in [0.4, 0.5) is 5.69 Å². The van der Waals surface area contributed by atoms with Gasteiger partial charge in [-0.15, -0.1) is 10.2 Å². The number of rotatable bonds is 7. The lowest BCUT2D eigenvalue weighted by Gasteiger charge is -2.24. The molecule has 0 fully saturated rings. The smallest absolute Gasteiger partial charge is 0.0900 e. The van der Waals surface area contributed by atoms with Crippen LogP contribution >= 0.6 is 0 Å². The van der Waals surface area contributed by atoms with E-state index in [-0.39, 0.29) is 0 Å². The topological polar surface area (TPSA) is 41.9 Å². The summed E-state index contributed by atoms with van der Waals surface area (Å²) in [4.78, 5) is 2.34. The van der Waals surface area contributed by atoms with E-state index < -0.39 is 0 Å². The summed E-state index contributed by atoms with van der Waals surface area (Å²) >= 11 is 0. The Labute approximate surface area is 104 Å². The summed E-state index contributed by atoms with van der Waals surface area (Å²) in [5, 5.41) is 12.4. The molecular formula is C13H24N4. The first-order valence-electron chi connectivity index (χ1n) is 6.74. The molecule has 0 aliphatic rings. The van der Waals surface area contributed by atoms with Gasteiger partial charge in [-0.1, -0.05) is 26.7 Å². The molecule has 0 atom stereocenters.